The van der Waals surface area contributed by atoms with Crippen LogP contribution in [0.3, 0.4) is 0 Å². The minimum absolute atomic E-state index is 0.164. The highest BCUT2D eigenvalue weighted by Gasteiger charge is 2.13. The number of anilines is 1. The van der Waals surface area contributed by atoms with Crippen molar-refractivity contribution in [3.05, 3.63) is 71.8 Å². The van der Waals surface area contributed by atoms with Gasteiger partial charge in [-0.15, -0.1) is 0 Å². The third-order valence-corrected chi connectivity index (χ3v) is 3.89. The summed E-state index contributed by atoms with van der Waals surface area (Å²) in [7, 11) is 0. The summed E-state index contributed by atoms with van der Waals surface area (Å²) in [4.78, 5) is 15.6. The van der Waals surface area contributed by atoms with Crippen LogP contribution in [0.4, 0.5) is 5.69 Å². The number of hydrogen-bond donors (Lipinski definition) is 2. The van der Waals surface area contributed by atoms with Gasteiger partial charge in [0.2, 0.25) is 10.0 Å². The fourth-order valence-electron chi connectivity index (χ4n) is 2.41. The fraction of sp³-hybridized carbons (Fsp3) is 0.105. The smallest absolute Gasteiger partial charge is 0.360 e. The molecule has 124 valence electrons. The molecule has 0 bridgehead atoms. The number of nitrogen functional groups attached to an aromatic ring is 1. The third-order valence-electron chi connectivity index (χ3n) is 3.89. The number of rotatable bonds is 3. The zero-order valence-electron chi connectivity index (χ0n) is 13.6. The number of nitrogens with zero attached hydrogens (tertiary/aromatic N) is 3. The van der Waals surface area contributed by atoms with Crippen molar-refractivity contribution in [2.75, 3.05) is 5.73 Å². The molecule has 6 nitrogen and oxygen atoms in total. The number of amides is 1. The Morgan fingerprint density at radius 1 is 1.08 bits per heavy atom. The van der Waals surface area contributed by atoms with E-state index in [1.54, 1.807) is 0 Å². The van der Waals surface area contributed by atoms with Crippen molar-refractivity contribution in [3.63, 3.8) is 0 Å². The van der Waals surface area contributed by atoms with E-state index in [9.17, 15) is 9.90 Å². The minimum atomic E-state index is -0.593. The molecule has 0 aliphatic carbocycles. The van der Waals surface area contributed by atoms with Gasteiger partial charge in [0.05, 0.1) is 11.3 Å². The van der Waals surface area contributed by atoms with E-state index in [0.29, 0.717) is 0 Å². The van der Waals surface area contributed by atoms with E-state index in [-0.39, 0.29) is 23.0 Å². The predicted molar refractivity (Wildman–Crippen MR) is 96.2 cm³/mol. The summed E-state index contributed by atoms with van der Waals surface area (Å²) in [6.07, 6.45) is 0. The maximum absolute atomic E-state index is 11.9. The number of benzene rings is 3. The van der Waals surface area contributed by atoms with Gasteiger partial charge < -0.3 is 10.8 Å². The van der Waals surface area contributed by atoms with Gasteiger partial charge in [0.25, 0.3) is 0 Å². The average molecular weight is 333 g/mol. The molecule has 1 amide bonds. The molecule has 0 heterocycles. The lowest BCUT2D eigenvalue weighted by Crippen LogP contribution is -1.97. The molecule has 3 rings (SSSR count). The number of nitrogens with two attached hydrogens (primary N) is 1. The molecule has 6 heteroatoms. The normalized spacial score (nSPS) is 11.6. The monoisotopic (exact) mass is 333 g/mol. The lowest BCUT2D eigenvalue weighted by atomic mass is 10.0. The Kier molecular flexibility index (Phi) is 4.55. The van der Waals surface area contributed by atoms with Gasteiger partial charge in [-0.1, -0.05) is 36.4 Å². The number of carbonyl (C=O) groups excluding carboxylic acids is 1. The highest BCUT2D eigenvalue weighted by Crippen LogP contribution is 2.22. The molecule has 0 saturated carbocycles. The van der Waals surface area contributed by atoms with Crippen LogP contribution in [0, 0.1) is 0 Å². The van der Waals surface area contributed by atoms with Gasteiger partial charge in [-0.3, -0.25) is 4.79 Å². The van der Waals surface area contributed by atoms with E-state index in [1.165, 1.54) is 18.2 Å². The van der Waals surface area contributed by atoms with Gasteiger partial charge in [0.15, 0.2) is 6.04 Å². The highest BCUT2D eigenvalue weighted by atomic mass is 16.3. The van der Waals surface area contributed by atoms with E-state index in [0.717, 1.165) is 16.3 Å². The summed E-state index contributed by atoms with van der Waals surface area (Å²) in [6.45, 7) is 1.88. The predicted octanol–water partition coefficient (Wildman–Crippen LogP) is 4.00. The Morgan fingerprint density at radius 2 is 1.84 bits per heavy atom. The van der Waals surface area contributed by atoms with Crippen LogP contribution < -0.4 is 10.6 Å². The van der Waals surface area contributed by atoms with E-state index in [4.69, 9.17) is 5.73 Å². The molecule has 1 atom stereocenters. The van der Waals surface area contributed by atoms with Gasteiger partial charge in [0, 0.05) is 0 Å². The maximum atomic E-state index is 11.9. The number of phenolic OH excluding ortho intramolecular Hbond substituents is 1. The number of hydrogen-bond acceptors (Lipinski definition) is 4. The number of carbonyl (C=O) groups is 1. The molecule has 25 heavy (non-hydrogen) atoms. The lowest BCUT2D eigenvalue weighted by molar-refractivity contribution is 0.0992. The van der Waals surface area contributed by atoms with Crippen LogP contribution in [0.15, 0.2) is 70.9 Å². The molecular formula is C19H17N4O2+. The Bertz CT molecular complexity index is 1010. The summed E-state index contributed by atoms with van der Waals surface area (Å²) in [6, 6.07) is 18.0. The summed E-state index contributed by atoms with van der Waals surface area (Å²) >= 11 is 0. The first-order chi connectivity index (χ1) is 12.0. The van der Waals surface area contributed by atoms with Gasteiger partial charge in [-0.25, -0.2) is 0 Å². The van der Waals surface area contributed by atoms with Crippen LogP contribution in [-0.4, -0.2) is 11.0 Å². The van der Waals surface area contributed by atoms with Crippen molar-refractivity contribution in [2.24, 2.45) is 10.2 Å². The van der Waals surface area contributed by atoms with Gasteiger partial charge >= 0.3 is 5.91 Å². The minimum Gasteiger partial charge on any atom is -0.506 e. The number of aromatic hydroxyl groups is 1. The molecule has 0 aromatic heterocycles. The second-order valence-corrected chi connectivity index (χ2v) is 5.67. The number of fused-ring (bicyclic) bond motifs is 1. The molecule has 0 spiro atoms. The first-order valence-electron chi connectivity index (χ1n) is 7.77. The molecule has 1 unspecified atom stereocenters. The van der Waals surface area contributed by atoms with E-state index < -0.39 is 5.91 Å². The Morgan fingerprint density at radius 3 is 2.60 bits per heavy atom. The topological polar surface area (TPSA) is 102 Å². The average Bonchev–Trinajstić information content (AvgIpc) is 2.63. The molecule has 3 aromatic rings. The summed E-state index contributed by atoms with van der Waals surface area (Å²) in [5.74, 6) is -0.757. The van der Waals surface area contributed by atoms with Crippen molar-refractivity contribution >= 4 is 22.4 Å². The third kappa shape index (κ3) is 3.71. The van der Waals surface area contributed by atoms with E-state index in [2.05, 4.69) is 15.1 Å². The van der Waals surface area contributed by atoms with Crippen LogP contribution >= 0.6 is 0 Å². The molecule has 3 aromatic carbocycles. The van der Waals surface area contributed by atoms with Crippen LogP contribution in [0.2, 0.25) is 0 Å². The molecule has 0 aliphatic rings. The summed E-state index contributed by atoms with van der Waals surface area (Å²) in [5, 5.41) is 19.4. The lowest BCUT2D eigenvalue weighted by Gasteiger charge is -2.02. The van der Waals surface area contributed by atoms with Crippen LogP contribution in [0.1, 0.15) is 28.9 Å². The molecule has 0 radical (unpaired) electrons. The maximum Gasteiger partial charge on any atom is 0.360 e. The van der Waals surface area contributed by atoms with Crippen LogP contribution in [0.25, 0.3) is 10.8 Å². The van der Waals surface area contributed by atoms with E-state index >= 15 is 0 Å². The van der Waals surface area contributed by atoms with Crippen molar-refractivity contribution in [1.29, 1.82) is 0 Å². The van der Waals surface area contributed by atoms with Gasteiger partial charge in [-0.2, -0.15) is 0 Å². The van der Waals surface area contributed by atoms with Crippen molar-refractivity contribution < 1.29 is 9.90 Å². The zero-order valence-corrected chi connectivity index (χ0v) is 13.6. The number of phenols is 1. The SMILES string of the molecule is CC(N=[N+]=NC(=O)c1ccc(N)c(O)c1)c1ccc2ccccc2c1. The van der Waals surface area contributed by atoms with Crippen molar-refractivity contribution in [3.8, 4) is 5.75 Å². The Balaban J connectivity index is 1.78. The Hall–Kier alpha value is -3.50. The summed E-state index contributed by atoms with van der Waals surface area (Å²) < 4.78 is 0. The largest absolute Gasteiger partial charge is 0.506 e. The van der Waals surface area contributed by atoms with Crippen LogP contribution in [0.5, 0.6) is 5.75 Å². The quantitative estimate of drug-likeness (QED) is 0.328. The van der Waals surface area contributed by atoms with E-state index in [1.807, 2.05) is 49.4 Å². The molecular weight excluding hydrogens is 316 g/mol. The summed E-state index contributed by atoms with van der Waals surface area (Å²) in [5.41, 5.74) is 6.88. The molecule has 0 fully saturated rings. The Labute approximate surface area is 144 Å². The van der Waals surface area contributed by atoms with Crippen molar-refractivity contribution in [2.45, 2.75) is 13.0 Å². The molecule has 0 aliphatic heterocycles. The second kappa shape index (κ2) is 6.95. The zero-order chi connectivity index (χ0) is 17.8. The van der Waals surface area contributed by atoms with Gasteiger partial charge in [0.1, 0.15) is 10.9 Å². The fourth-order valence-corrected chi connectivity index (χ4v) is 2.41. The molecule has 0 saturated heterocycles. The van der Waals surface area contributed by atoms with Crippen LogP contribution in [-0.2, 0) is 0 Å². The standard InChI is InChI=1S/C19H16N4O2/c1-12(14-7-6-13-4-2-3-5-15(13)10-14)21-23-22-19(25)16-8-9-17(20)18(24)11-16/h2-12,20H,1H3,(H,21,22,25)/p+1. The van der Waals surface area contributed by atoms with Gasteiger partial charge in [-0.05, 0) is 47.5 Å². The first-order valence-corrected chi connectivity index (χ1v) is 7.77. The highest BCUT2D eigenvalue weighted by molar-refractivity contribution is 5.95. The first kappa shape index (κ1) is 16.4. The molecule has 3 N–H and O–H groups in total. The van der Waals surface area contributed by atoms with Crippen molar-refractivity contribution in [1.82, 2.24) is 4.91 Å². The second-order valence-electron chi connectivity index (χ2n) is 5.67.